The van der Waals surface area contributed by atoms with Gasteiger partial charge in [-0.15, -0.1) is 0 Å². The summed E-state index contributed by atoms with van der Waals surface area (Å²) in [4.78, 5) is 29.0. The Labute approximate surface area is 239 Å². The van der Waals surface area contributed by atoms with Gasteiger partial charge in [0.15, 0.2) is 5.82 Å². The Hall–Kier alpha value is -4.77. The summed E-state index contributed by atoms with van der Waals surface area (Å²) >= 11 is 3.44. The Bertz CT molecular complexity index is 1870. The van der Waals surface area contributed by atoms with Gasteiger partial charge in [0.25, 0.3) is 5.56 Å². The lowest BCUT2D eigenvalue weighted by Gasteiger charge is -2.12. The Morgan fingerprint density at radius 3 is 2.54 bits per heavy atom. The lowest BCUT2D eigenvalue weighted by Crippen LogP contribution is -2.20. The van der Waals surface area contributed by atoms with E-state index in [9.17, 15) is 22.8 Å². The molecule has 0 bridgehead atoms. The van der Waals surface area contributed by atoms with Gasteiger partial charge < -0.3 is 9.84 Å². The molecule has 0 saturated heterocycles. The van der Waals surface area contributed by atoms with Crippen molar-refractivity contribution >= 4 is 39.0 Å². The highest BCUT2D eigenvalue weighted by Crippen LogP contribution is 2.32. The van der Waals surface area contributed by atoms with E-state index in [1.54, 1.807) is 54.6 Å². The van der Waals surface area contributed by atoms with Crippen LogP contribution in [-0.2, 0) is 12.8 Å². The van der Waals surface area contributed by atoms with Crippen molar-refractivity contribution in [2.45, 2.75) is 12.8 Å². The van der Waals surface area contributed by atoms with Gasteiger partial charge in [0.2, 0.25) is 0 Å². The van der Waals surface area contributed by atoms with Gasteiger partial charge in [-0.25, -0.2) is 9.78 Å². The molecule has 11 heteroatoms. The number of para-hydroxylation sites is 1. The highest BCUT2D eigenvalue weighted by molar-refractivity contribution is 9.10. The largest absolute Gasteiger partial charge is 0.488 e. The first-order chi connectivity index (χ1) is 19.6. The van der Waals surface area contributed by atoms with Crippen molar-refractivity contribution in [1.29, 1.82) is 0 Å². The number of hydrogen-bond donors (Lipinski definition) is 1. The zero-order valence-electron chi connectivity index (χ0n) is 21.0. The number of fused-ring (bicyclic) bond motifs is 1. The van der Waals surface area contributed by atoms with Gasteiger partial charge in [0.05, 0.1) is 32.7 Å². The lowest BCUT2D eigenvalue weighted by molar-refractivity contribution is -0.137. The van der Waals surface area contributed by atoms with E-state index in [0.717, 1.165) is 16.8 Å². The van der Waals surface area contributed by atoms with E-state index in [4.69, 9.17) is 9.84 Å². The zero-order chi connectivity index (χ0) is 29.1. The third kappa shape index (κ3) is 6.20. The van der Waals surface area contributed by atoms with Gasteiger partial charge in [-0.2, -0.15) is 22.9 Å². The Balaban J connectivity index is 1.47. The van der Waals surface area contributed by atoms with Crippen molar-refractivity contribution in [3.05, 3.63) is 128 Å². The Morgan fingerprint density at radius 1 is 1.00 bits per heavy atom. The normalized spacial score (nSPS) is 11.7. The summed E-state index contributed by atoms with van der Waals surface area (Å²) in [6.45, 7) is 0.131. The molecule has 0 unspecified atom stereocenters. The highest BCUT2D eigenvalue weighted by Gasteiger charge is 2.31. The molecule has 0 aliphatic rings. The highest BCUT2D eigenvalue weighted by atomic mass is 79.9. The smallest absolute Gasteiger partial charge is 0.416 e. The Kier molecular flexibility index (Phi) is 7.71. The first-order valence-electron chi connectivity index (χ1n) is 12.1. The fourth-order valence-electron chi connectivity index (χ4n) is 4.05. The van der Waals surface area contributed by atoms with Gasteiger partial charge in [-0.05, 0) is 81.7 Å². The molecule has 5 rings (SSSR count). The van der Waals surface area contributed by atoms with Crippen LogP contribution in [0.1, 0.15) is 27.0 Å². The minimum Gasteiger partial charge on any atom is -0.488 e. The number of ether oxygens (including phenoxy) is 1. The lowest BCUT2D eigenvalue weighted by atomic mass is 10.1. The molecular formula is C30H19BrF3N3O4. The van der Waals surface area contributed by atoms with Crippen molar-refractivity contribution in [3.63, 3.8) is 0 Å². The Morgan fingerprint density at radius 2 is 1.78 bits per heavy atom. The van der Waals surface area contributed by atoms with Crippen LogP contribution < -0.4 is 10.3 Å². The summed E-state index contributed by atoms with van der Waals surface area (Å²) in [7, 11) is 0. The van der Waals surface area contributed by atoms with Crippen LogP contribution >= 0.6 is 15.9 Å². The third-order valence-electron chi connectivity index (χ3n) is 6.05. The van der Waals surface area contributed by atoms with Gasteiger partial charge in [0.1, 0.15) is 12.4 Å². The van der Waals surface area contributed by atoms with Gasteiger partial charge in [0, 0.05) is 5.56 Å². The molecule has 0 spiro atoms. The quantitative estimate of drug-likeness (QED) is 0.197. The first kappa shape index (κ1) is 27.8. The number of rotatable bonds is 7. The van der Waals surface area contributed by atoms with Crippen LogP contribution in [0.15, 0.2) is 105 Å². The number of aromatic nitrogens is 2. The molecule has 1 heterocycles. The number of alkyl halides is 3. The second-order valence-electron chi connectivity index (χ2n) is 8.88. The maximum atomic E-state index is 13.4. The van der Waals surface area contributed by atoms with E-state index in [1.807, 2.05) is 0 Å². The zero-order valence-corrected chi connectivity index (χ0v) is 22.6. The molecular weight excluding hydrogens is 603 g/mol. The van der Waals surface area contributed by atoms with Crippen molar-refractivity contribution < 1.29 is 27.8 Å². The van der Waals surface area contributed by atoms with E-state index in [-0.39, 0.29) is 28.9 Å². The fraction of sp³-hybridized carbons (Fsp3) is 0.0667. The van der Waals surface area contributed by atoms with Crippen LogP contribution in [0.25, 0.3) is 22.3 Å². The van der Waals surface area contributed by atoms with Gasteiger partial charge >= 0.3 is 12.1 Å². The molecule has 0 fully saturated rings. The molecule has 1 N–H and O–H groups in total. The maximum absolute atomic E-state index is 13.4. The first-order valence-corrected chi connectivity index (χ1v) is 12.9. The van der Waals surface area contributed by atoms with Crippen molar-refractivity contribution in [2.75, 3.05) is 0 Å². The van der Waals surface area contributed by atoms with Crippen LogP contribution in [-0.4, -0.2) is 27.0 Å². The van der Waals surface area contributed by atoms with Gasteiger partial charge in [-0.1, -0.05) is 36.4 Å². The number of carboxylic acids is 1. The monoisotopic (exact) mass is 621 g/mol. The maximum Gasteiger partial charge on any atom is 0.416 e. The van der Waals surface area contributed by atoms with Crippen molar-refractivity contribution in [3.8, 4) is 17.1 Å². The molecule has 5 aromatic rings. The summed E-state index contributed by atoms with van der Waals surface area (Å²) in [5.41, 5.74) is 0.384. The number of halogens is 4. The summed E-state index contributed by atoms with van der Waals surface area (Å²) < 4.78 is 47.6. The van der Waals surface area contributed by atoms with Crippen LogP contribution in [0.2, 0.25) is 0 Å². The third-order valence-corrected chi connectivity index (χ3v) is 6.67. The molecule has 7 nitrogen and oxygen atoms in total. The van der Waals surface area contributed by atoms with Crippen molar-refractivity contribution in [1.82, 2.24) is 9.66 Å². The minimum absolute atomic E-state index is 0.0429. The summed E-state index contributed by atoms with van der Waals surface area (Å²) in [5.74, 6) is -0.593. The summed E-state index contributed by atoms with van der Waals surface area (Å²) in [6.07, 6.45) is -3.18. The van der Waals surface area contributed by atoms with Crippen LogP contribution in [0.3, 0.4) is 0 Å². The number of nitrogens with zero attached hydrogens (tertiary/aromatic N) is 3. The molecule has 0 aliphatic heterocycles. The number of hydrogen-bond acceptors (Lipinski definition) is 5. The van der Waals surface area contributed by atoms with E-state index in [0.29, 0.717) is 26.9 Å². The summed E-state index contributed by atoms with van der Waals surface area (Å²) in [6, 6.07) is 22.5. The second-order valence-corrected chi connectivity index (χ2v) is 9.73. The van der Waals surface area contributed by atoms with Crippen LogP contribution in [0, 0.1) is 0 Å². The van der Waals surface area contributed by atoms with Gasteiger partial charge in [-0.3, -0.25) is 4.79 Å². The number of aromatic carboxylic acids is 1. The summed E-state index contributed by atoms with van der Waals surface area (Å²) in [5, 5.41) is 13.7. The standard InChI is InChI=1S/C30H19BrF3N3O4/c31-24-14-18(11-12-26(24)41-17-19-5-3-7-21(13-19)29(39)40)16-35-37-27(20-6-4-8-22(15-20)30(32,33)34)36-25-10-2-1-9-23(25)28(37)38/h1-16H,17H2,(H,39,40). The molecule has 0 aliphatic carbocycles. The van der Waals surface area contributed by atoms with E-state index in [1.165, 1.54) is 30.5 Å². The minimum atomic E-state index is -4.57. The molecule has 0 atom stereocenters. The molecule has 0 radical (unpaired) electrons. The van der Waals surface area contributed by atoms with E-state index >= 15 is 0 Å². The molecule has 1 aromatic heterocycles. The second kappa shape index (κ2) is 11.4. The van der Waals surface area contributed by atoms with E-state index in [2.05, 4.69) is 26.0 Å². The fourth-order valence-corrected chi connectivity index (χ4v) is 4.56. The van der Waals surface area contributed by atoms with Crippen LogP contribution in [0.4, 0.5) is 13.2 Å². The molecule has 0 amide bonds. The van der Waals surface area contributed by atoms with E-state index < -0.39 is 23.3 Å². The SMILES string of the molecule is O=C(O)c1cccc(COc2ccc(C=Nn3c(-c4cccc(C(F)(F)F)c4)nc4ccccc4c3=O)cc2Br)c1. The van der Waals surface area contributed by atoms with Crippen molar-refractivity contribution in [2.24, 2.45) is 5.10 Å². The number of carboxylic acid groups (broad SMARTS) is 1. The molecule has 0 saturated carbocycles. The predicted molar refractivity (Wildman–Crippen MR) is 151 cm³/mol. The molecule has 206 valence electrons. The predicted octanol–water partition coefficient (Wildman–Crippen LogP) is 7.00. The number of benzene rings is 4. The topological polar surface area (TPSA) is 93.8 Å². The van der Waals surface area contributed by atoms with Crippen LogP contribution in [0.5, 0.6) is 5.75 Å². The molecule has 41 heavy (non-hydrogen) atoms. The average Bonchev–Trinajstić information content (AvgIpc) is 2.96. The number of carbonyl (C=O) groups is 1. The average molecular weight is 622 g/mol. The molecule has 4 aromatic carbocycles.